The van der Waals surface area contributed by atoms with Crippen molar-refractivity contribution in [2.75, 3.05) is 0 Å². The Labute approximate surface area is 403 Å². The van der Waals surface area contributed by atoms with Gasteiger partial charge in [0, 0.05) is 16.5 Å². The topological polar surface area (TPSA) is 94.1 Å². The minimum Gasteiger partial charge on any atom is -0.744 e. The Morgan fingerprint density at radius 2 is 0.689 bits per heavy atom. The molecule has 0 aliphatic heterocycles. The van der Waals surface area contributed by atoms with E-state index in [4.69, 9.17) is 31.8 Å². The van der Waals surface area contributed by atoms with Gasteiger partial charge in [-0.3, -0.25) is 0 Å². The van der Waals surface area contributed by atoms with Crippen molar-refractivity contribution in [3.63, 3.8) is 0 Å². The molecule has 0 bridgehead atoms. The van der Waals surface area contributed by atoms with Crippen molar-refractivity contribution in [2.24, 2.45) is 0 Å². The van der Waals surface area contributed by atoms with E-state index in [-0.39, 0.29) is 17.2 Å². The summed E-state index contributed by atoms with van der Waals surface area (Å²) in [5, 5.41) is -1.42. The molecule has 0 unspecified atom stereocenters. The van der Waals surface area contributed by atoms with Crippen LogP contribution < -0.4 is 18.9 Å². The number of benzene rings is 8. The van der Waals surface area contributed by atoms with Crippen molar-refractivity contribution < 1.29 is 102 Å². The van der Waals surface area contributed by atoms with Crippen LogP contribution in [0.3, 0.4) is 0 Å². The zero-order chi connectivity index (χ0) is 54.0. The predicted molar refractivity (Wildman–Crippen MR) is 224 cm³/mol. The Morgan fingerprint density at radius 1 is 0.378 bits per heavy atom. The summed E-state index contributed by atoms with van der Waals surface area (Å²) in [6.45, 7) is 0. The van der Waals surface area contributed by atoms with E-state index in [1.807, 2.05) is 0 Å². The minimum atomic E-state index is -5.64. The van der Waals surface area contributed by atoms with Crippen LogP contribution in [0.25, 0.3) is 33.0 Å². The Bertz CT molecular complexity index is 3830. The third kappa shape index (κ3) is 8.83. The number of ether oxygens (including phenoxy) is 4. The highest BCUT2D eigenvalue weighted by Gasteiger charge is 2.38. The van der Waals surface area contributed by atoms with E-state index in [0.29, 0.717) is 24.3 Å². The van der Waals surface area contributed by atoms with Crippen LogP contribution in [0.4, 0.5) is 70.2 Å². The fourth-order valence-electron chi connectivity index (χ4n) is 7.01. The van der Waals surface area contributed by atoms with Gasteiger partial charge in [0.2, 0.25) is 69.5 Å². The van der Waals surface area contributed by atoms with Gasteiger partial charge in [0.05, 0.1) is 27.1 Å². The van der Waals surface area contributed by atoms with Crippen LogP contribution in [0.1, 0.15) is 11.1 Å². The second kappa shape index (κ2) is 19.3. The summed E-state index contributed by atoms with van der Waals surface area (Å²) in [4.78, 5) is -1.34. The summed E-state index contributed by atoms with van der Waals surface area (Å²) < 4.78 is 304. The molecule has 8 rings (SSSR count). The fourth-order valence-corrected chi connectivity index (χ4v) is 7.54. The molecule has 7 nitrogen and oxygen atoms in total. The third-order valence-electron chi connectivity index (χ3n) is 10.4. The predicted octanol–water partition coefficient (Wildman–Crippen LogP) is 14.4. The molecule has 24 heteroatoms. The number of halogens is 16. The van der Waals surface area contributed by atoms with E-state index in [2.05, 4.69) is 11.8 Å². The van der Waals surface area contributed by atoms with E-state index >= 15 is 70.2 Å². The second-order valence-electron chi connectivity index (χ2n) is 14.9. The van der Waals surface area contributed by atoms with Gasteiger partial charge < -0.3 is 23.5 Å². The summed E-state index contributed by atoms with van der Waals surface area (Å²) in [6.07, 6.45) is 10.4. The van der Waals surface area contributed by atoms with Crippen molar-refractivity contribution in [2.45, 2.75) is 4.90 Å². The van der Waals surface area contributed by atoms with Gasteiger partial charge in [-0.2, -0.15) is 35.1 Å². The molecule has 0 saturated carbocycles. The number of hydrogen-bond donors (Lipinski definition) is 0. The maximum absolute atomic E-state index is 15.8. The van der Waals surface area contributed by atoms with Crippen molar-refractivity contribution in [3.05, 3.63) is 183 Å². The molecule has 0 aliphatic rings. The smallest absolute Gasteiger partial charge is 0.205 e. The van der Waals surface area contributed by atoms with Crippen LogP contribution in [0.15, 0.2) is 83.8 Å². The zero-order valence-corrected chi connectivity index (χ0v) is 36.3. The molecule has 0 heterocycles. The molecule has 8 aromatic carbocycles. The fraction of sp³-hybridized carbons (Fsp3) is 0. The van der Waals surface area contributed by atoms with Crippen molar-refractivity contribution in [1.29, 1.82) is 0 Å². The first-order valence-electron chi connectivity index (χ1n) is 19.7. The highest BCUT2D eigenvalue weighted by Crippen LogP contribution is 2.47. The Morgan fingerprint density at radius 3 is 1.00 bits per heavy atom. The minimum absolute atomic E-state index is 0.0404. The van der Waals surface area contributed by atoms with E-state index in [0.717, 1.165) is 24.3 Å². The summed E-state index contributed by atoms with van der Waals surface area (Å²) in [6, 6.07) is 11.3. The molecule has 376 valence electrons. The highest BCUT2D eigenvalue weighted by atomic mass is 32.2. The lowest BCUT2D eigenvalue weighted by Gasteiger charge is -2.18. The first-order valence-corrected chi connectivity index (χ1v) is 21.1. The van der Waals surface area contributed by atoms with Gasteiger partial charge in [0.25, 0.3) is 0 Å². The normalized spacial score (nSPS) is 11.4. The van der Waals surface area contributed by atoms with E-state index in [1.54, 1.807) is 0 Å². The maximum Gasteiger partial charge on any atom is 0.205 e. The van der Waals surface area contributed by atoms with Crippen molar-refractivity contribution >= 4 is 20.9 Å². The molecule has 0 aliphatic carbocycles. The van der Waals surface area contributed by atoms with Crippen molar-refractivity contribution in [1.82, 2.24) is 0 Å². The van der Waals surface area contributed by atoms with Crippen molar-refractivity contribution in [3.8, 4) is 92.9 Å². The standard InChI is InChI=1S/C50H16F16O7S/c1-3-18-7-5-9-21(13-18)70-47-39(59)31(51)27(32(52)40(47)60)28-35(55)43(63)49(44(64)36(28)56)72-23-12-11-20-15-24(74(67,68)69)17-26(25(20)16-23)73-50-45(65)37(57)30(38(58)46(50)66)29-33(53)41(61)48(42(62)34(29)54)71-22-10-6-8-19(4-2)14-22/h1-2,5-17H,(H,67,68,69)/p-1. The molecule has 0 saturated heterocycles. The van der Waals surface area contributed by atoms with E-state index in [1.165, 1.54) is 24.3 Å². The SMILES string of the molecule is C#Cc1cccc(Oc2c(F)c(F)c(-c3c(F)c(F)c(Oc4ccc5cc(S(=O)(=O)[O-])cc(Oc6c(F)c(F)c(-c7c(F)c(F)c(Oc8cccc(C#C)c8)c(F)c7F)c(F)c6F)c5c4)c(F)c3F)c(F)c2F)c1. The van der Waals surface area contributed by atoms with Crippen LogP contribution in [0, 0.1) is 118 Å². The lowest BCUT2D eigenvalue weighted by molar-refractivity contribution is 0.360. The molecular formula is C50H15F16O7S-. The first-order chi connectivity index (χ1) is 34.9. The third-order valence-corrected chi connectivity index (χ3v) is 11.2. The van der Waals surface area contributed by atoms with Crippen LogP contribution in [0.5, 0.6) is 46.0 Å². The monoisotopic (exact) mass is 1060 g/mol. The summed E-state index contributed by atoms with van der Waals surface area (Å²) >= 11 is 0. The highest BCUT2D eigenvalue weighted by molar-refractivity contribution is 7.85. The molecule has 0 amide bonds. The van der Waals surface area contributed by atoms with Gasteiger partial charge in [-0.1, -0.05) is 30.0 Å². The van der Waals surface area contributed by atoms with Gasteiger partial charge in [-0.05, 0) is 66.0 Å². The summed E-state index contributed by atoms with van der Waals surface area (Å²) in [7, 11) is -5.64. The maximum atomic E-state index is 15.8. The molecule has 0 aromatic heterocycles. The average molecular weight is 1060 g/mol. The van der Waals surface area contributed by atoms with E-state index < -0.39 is 187 Å². The van der Waals surface area contributed by atoms with Gasteiger partial charge in [-0.15, -0.1) is 12.8 Å². The molecule has 0 atom stereocenters. The van der Waals surface area contributed by atoms with E-state index in [9.17, 15) is 13.0 Å². The Hall–Kier alpha value is -8.87. The van der Waals surface area contributed by atoms with Crippen LogP contribution >= 0.6 is 0 Å². The van der Waals surface area contributed by atoms with Crippen LogP contribution in [0.2, 0.25) is 0 Å². The van der Waals surface area contributed by atoms with Crippen LogP contribution in [-0.2, 0) is 10.1 Å². The molecule has 74 heavy (non-hydrogen) atoms. The Kier molecular flexibility index (Phi) is 13.4. The Balaban J connectivity index is 1.19. The number of terminal acetylenes is 2. The molecule has 8 aromatic rings. The zero-order valence-electron chi connectivity index (χ0n) is 35.5. The molecular weight excluding hydrogens is 1050 g/mol. The molecule has 0 spiro atoms. The van der Waals surface area contributed by atoms with Crippen LogP contribution in [-0.4, -0.2) is 13.0 Å². The largest absolute Gasteiger partial charge is 0.744 e. The molecule has 0 fully saturated rings. The molecule has 0 N–H and O–H groups in total. The number of rotatable bonds is 11. The van der Waals surface area contributed by atoms with Gasteiger partial charge in [-0.25, -0.2) is 43.5 Å². The summed E-state index contributed by atoms with van der Waals surface area (Å²) in [5.41, 5.74) is -9.42. The first kappa shape index (κ1) is 51.5. The lowest BCUT2D eigenvalue weighted by atomic mass is 10.0. The van der Waals surface area contributed by atoms with Gasteiger partial charge in [0.1, 0.15) is 33.1 Å². The number of fused-ring (bicyclic) bond motifs is 1. The second-order valence-corrected chi connectivity index (χ2v) is 16.2. The molecule has 0 radical (unpaired) electrons. The quantitative estimate of drug-likeness (QED) is 0.0551. The van der Waals surface area contributed by atoms with Gasteiger partial charge >= 0.3 is 0 Å². The number of hydrogen-bond acceptors (Lipinski definition) is 7. The van der Waals surface area contributed by atoms with Gasteiger partial charge in [0.15, 0.2) is 46.5 Å². The summed E-state index contributed by atoms with van der Waals surface area (Å²) in [5.74, 6) is -49.7. The average Bonchev–Trinajstić information content (AvgIpc) is 3.38. The lowest BCUT2D eigenvalue weighted by Crippen LogP contribution is -2.09.